The summed E-state index contributed by atoms with van der Waals surface area (Å²) in [6.45, 7) is 2.95. The smallest absolute Gasteiger partial charge is 0.178 e. The predicted octanol–water partition coefficient (Wildman–Crippen LogP) is -1.33. The standard InChI is InChI=1S/C19H26N4O6/c24-10-13-16(25)17(26)15(19(27)29-13)22-18-11-3-1-2-4-12(11)20-14(21-18)9-23-5-7-28-8-6-23/h1-4,13,15-17,19,24-27H,5-10H2,(H,20,21,22)/t13-,15?,16?,17-,19?/m1/s1. The third kappa shape index (κ3) is 4.33. The van der Waals surface area contributed by atoms with Crippen molar-refractivity contribution in [3.8, 4) is 0 Å². The van der Waals surface area contributed by atoms with Gasteiger partial charge in [-0.1, -0.05) is 12.1 Å². The minimum Gasteiger partial charge on any atom is -0.394 e. The molecule has 2 saturated heterocycles. The molecule has 4 rings (SSSR count). The molecular weight excluding hydrogens is 380 g/mol. The zero-order valence-corrected chi connectivity index (χ0v) is 15.9. The molecule has 0 radical (unpaired) electrons. The number of benzene rings is 1. The molecule has 10 nitrogen and oxygen atoms in total. The summed E-state index contributed by atoms with van der Waals surface area (Å²) in [6, 6.07) is 6.40. The predicted molar refractivity (Wildman–Crippen MR) is 103 cm³/mol. The maximum Gasteiger partial charge on any atom is 0.178 e. The highest BCUT2D eigenvalue weighted by Gasteiger charge is 2.44. The van der Waals surface area contributed by atoms with Crippen LogP contribution in [0, 0.1) is 0 Å². The Morgan fingerprint density at radius 3 is 2.59 bits per heavy atom. The van der Waals surface area contributed by atoms with E-state index in [2.05, 4.69) is 20.2 Å². The minimum atomic E-state index is -1.43. The molecule has 0 aliphatic carbocycles. The summed E-state index contributed by atoms with van der Waals surface area (Å²) in [4.78, 5) is 11.4. The number of fused-ring (bicyclic) bond motifs is 1. The van der Waals surface area contributed by atoms with Crippen molar-refractivity contribution < 1.29 is 29.9 Å². The summed E-state index contributed by atoms with van der Waals surface area (Å²) >= 11 is 0. The lowest BCUT2D eigenvalue weighted by atomic mass is 9.97. The highest BCUT2D eigenvalue weighted by Crippen LogP contribution is 2.26. The van der Waals surface area contributed by atoms with Crippen molar-refractivity contribution in [3.63, 3.8) is 0 Å². The molecule has 0 bridgehead atoms. The maximum absolute atomic E-state index is 10.4. The number of aliphatic hydroxyl groups is 4. The van der Waals surface area contributed by atoms with E-state index in [4.69, 9.17) is 9.47 Å². The number of morpholine rings is 1. The summed E-state index contributed by atoms with van der Waals surface area (Å²) in [7, 11) is 0. The molecule has 3 heterocycles. The second kappa shape index (κ2) is 8.84. The van der Waals surface area contributed by atoms with Gasteiger partial charge in [0.25, 0.3) is 0 Å². The van der Waals surface area contributed by atoms with Gasteiger partial charge in [-0.05, 0) is 12.1 Å². The van der Waals surface area contributed by atoms with E-state index in [0.29, 0.717) is 31.4 Å². The monoisotopic (exact) mass is 406 g/mol. The van der Waals surface area contributed by atoms with E-state index in [-0.39, 0.29) is 0 Å². The quantitative estimate of drug-likeness (QED) is 0.406. The van der Waals surface area contributed by atoms with Gasteiger partial charge in [0.05, 0.1) is 31.9 Å². The van der Waals surface area contributed by atoms with Crippen molar-refractivity contribution in [2.45, 2.75) is 37.2 Å². The fraction of sp³-hybridized carbons (Fsp3) is 0.579. The van der Waals surface area contributed by atoms with Crippen molar-refractivity contribution in [2.24, 2.45) is 0 Å². The fourth-order valence-corrected chi connectivity index (χ4v) is 3.68. The Hall–Kier alpha value is -1.92. The van der Waals surface area contributed by atoms with Gasteiger partial charge in [-0.2, -0.15) is 0 Å². The van der Waals surface area contributed by atoms with Crippen molar-refractivity contribution in [2.75, 3.05) is 38.2 Å². The lowest BCUT2D eigenvalue weighted by molar-refractivity contribution is -0.245. The van der Waals surface area contributed by atoms with E-state index < -0.39 is 37.3 Å². The highest BCUT2D eigenvalue weighted by atomic mass is 16.6. The minimum absolute atomic E-state index is 0.431. The first kappa shape index (κ1) is 20.4. The fourth-order valence-electron chi connectivity index (χ4n) is 3.68. The van der Waals surface area contributed by atoms with E-state index >= 15 is 0 Å². The Balaban J connectivity index is 1.61. The van der Waals surface area contributed by atoms with E-state index in [1.54, 1.807) is 0 Å². The molecule has 0 spiro atoms. The van der Waals surface area contributed by atoms with Gasteiger partial charge in [-0.15, -0.1) is 0 Å². The number of anilines is 1. The zero-order chi connectivity index (χ0) is 20.4. The van der Waals surface area contributed by atoms with Crippen LogP contribution in [0.2, 0.25) is 0 Å². The topological polar surface area (TPSA) is 140 Å². The molecule has 1 aromatic carbocycles. The first-order valence-electron chi connectivity index (χ1n) is 9.69. The van der Waals surface area contributed by atoms with Crippen molar-refractivity contribution in [3.05, 3.63) is 30.1 Å². The number of hydrogen-bond donors (Lipinski definition) is 5. The van der Waals surface area contributed by atoms with Gasteiger partial charge in [0, 0.05) is 18.5 Å². The summed E-state index contributed by atoms with van der Waals surface area (Å²) in [5.74, 6) is 1.03. The van der Waals surface area contributed by atoms with Gasteiger partial charge in [-0.25, -0.2) is 9.97 Å². The molecular formula is C19H26N4O6. The third-order valence-electron chi connectivity index (χ3n) is 5.32. The second-order valence-corrected chi connectivity index (χ2v) is 7.29. The van der Waals surface area contributed by atoms with Crippen LogP contribution in [0.3, 0.4) is 0 Å². The molecule has 5 atom stereocenters. The lowest BCUT2D eigenvalue weighted by Crippen LogP contribution is -2.61. The Morgan fingerprint density at radius 2 is 1.83 bits per heavy atom. The normalized spacial score (nSPS) is 31.1. The van der Waals surface area contributed by atoms with Crippen LogP contribution in [0.25, 0.3) is 10.9 Å². The molecule has 1 aromatic heterocycles. The summed E-state index contributed by atoms with van der Waals surface area (Å²) in [5, 5.41) is 43.9. The number of hydrogen-bond acceptors (Lipinski definition) is 10. The summed E-state index contributed by atoms with van der Waals surface area (Å²) in [5.41, 5.74) is 0.725. The Labute approximate surface area is 167 Å². The number of para-hydroxylation sites is 1. The molecule has 0 amide bonds. The van der Waals surface area contributed by atoms with Crippen molar-refractivity contribution in [1.82, 2.24) is 14.9 Å². The van der Waals surface area contributed by atoms with Crippen molar-refractivity contribution >= 4 is 16.7 Å². The molecule has 158 valence electrons. The molecule has 2 aromatic rings. The van der Waals surface area contributed by atoms with E-state index in [9.17, 15) is 20.4 Å². The lowest BCUT2D eigenvalue weighted by Gasteiger charge is -2.40. The summed E-state index contributed by atoms with van der Waals surface area (Å²) < 4.78 is 10.6. The van der Waals surface area contributed by atoms with Crippen LogP contribution in [0.1, 0.15) is 5.82 Å². The molecule has 10 heteroatoms. The van der Waals surface area contributed by atoms with Crippen LogP contribution in [0.15, 0.2) is 24.3 Å². The van der Waals surface area contributed by atoms with Crippen LogP contribution in [0.5, 0.6) is 0 Å². The Kier molecular flexibility index (Phi) is 6.20. The maximum atomic E-state index is 10.4. The SMILES string of the molecule is OC[C@H]1OC(O)C(Nc2nc(CN3CCOCC3)nc3ccccc23)[C@@H](O)C1O. The van der Waals surface area contributed by atoms with Gasteiger partial charge in [0.2, 0.25) is 0 Å². The number of nitrogens with one attached hydrogen (secondary N) is 1. The number of aliphatic hydroxyl groups excluding tert-OH is 4. The molecule has 29 heavy (non-hydrogen) atoms. The largest absolute Gasteiger partial charge is 0.394 e. The van der Waals surface area contributed by atoms with Gasteiger partial charge < -0.3 is 35.2 Å². The van der Waals surface area contributed by atoms with Gasteiger partial charge in [-0.3, -0.25) is 4.90 Å². The van der Waals surface area contributed by atoms with Gasteiger partial charge in [0.15, 0.2) is 6.29 Å². The molecule has 3 unspecified atom stereocenters. The van der Waals surface area contributed by atoms with Crippen LogP contribution < -0.4 is 5.32 Å². The summed E-state index contributed by atoms with van der Waals surface area (Å²) in [6.07, 6.45) is -5.19. The van der Waals surface area contributed by atoms with Gasteiger partial charge in [0.1, 0.15) is 36.0 Å². The molecule has 0 saturated carbocycles. The van der Waals surface area contributed by atoms with Crippen molar-refractivity contribution in [1.29, 1.82) is 0 Å². The number of nitrogens with zero attached hydrogens (tertiary/aromatic N) is 3. The Morgan fingerprint density at radius 1 is 1.07 bits per heavy atom. The first-order chi connectivity index (χ1) is 14.1. The third-order valence-corrected chi connectivity index (χ3v) is 5.32. The van der Waals surface area contributed by atoms with Gasteiger partial charge >= 0.3 is 0 Å². The Bertz CT molecular complexity index is 833. The van der Waals surface area contributed by atoms with Crippen LogP contribution in [-0.2, 0) is 16.0 Å². The number of aromatic nitrogens is 2. The zero-order valence-electron chi connectivity index (χ0n) is 15.9. The van der Waals surface area contributed by atoms with E-state index in [1.807, 2.05) is 24.3 Å². The number of ether oxygens (including phenoxy) is 2. The molecule has 2 fully saturated rings. The van der Waals surface area contributed by atoms with Crippen LogP contribution in [0.4, 0.5) is 5.82 Å². The number of rotatable bonds is 5. The average molecular weight is 406 g/mol. The molecule has 2 aliphatic rings. The molecule has 5 N–H and O–H groups in total. The van der Waals surface area contributed by atoms with E-state index in [1.165, 1.54) is 0 Å². The van der Waals surface area contributed by atoms with Crippen LogP contribution in [-0.4, -0.2) is 98.8 Å². The second-order valence-electron chi connectivity index (χ2n) is 7.29. The molecule has 2 aliphatic heterocycles. The first-order valence-corrected chi connectivity index (χ1v) is 9.69. The van der Waals surface area contributed by atoms with Crippen LogP contribution >= 0.6 is 0 Å². The average Bonchev–Trinajstić information content (AvgIpc) is 2.74. The highest BCUT2D eigenvalue weighted by molar-refractivity contribution is 5.89. The van der Waals surface area contributed by atoms with E-state index in [0.717, 1.165) is 24.0 Å².